The van der Waals surface area contributed by atoms with Crippen molar-refractivity contribution in [2.45, 2.75) is 53.1 Å². The summed E-state index contributed by atoms with van der Waals surface area (Å²) < 4.78 is 5.46. The van der Waals surface area contributed by atoms with Crippen LogP contribution in [0.1, 0.15) is 44.2 Å². The van der Waals surface area contributed by atoms with E-state index in [4.69, 9.17) is 4.74 Å². The summed E-state index contributed by atoms with van der Waals surface area (Å²) in [6.07, 6.45) is 5.71. The van der Waals surface area contributed by atoms with Gasteiger partial charge in [-0.2, -0.15) is 0 Å². The van der Waals surface area contributed by atoms with E-state index in [0.29, 0.717) is 12.8 Å². The molecule has 1 aliphatic carbocycles. The molecule has 0 unspecified atom stereocenters. The van der Waals surface area contributed by atoms with Crippen LogP contribution in [-0.4, -0.2) is 18.0 Å². The van der Waals surface area contributed by atoms with Gasteiger partial charge in [-0.1, -0.05) is 36.8 Å². The first kappa shape index (κ1) is 18.2. The summed E-state index contributed by atoms with van der Waals surface area (Å²) >= 11 is 0. The summed E-state index contributed by atoms with van der Waals surface area (Å²) in [5, 5.41) is 2.98. The molecule has 2 rings (SSSR count). The molecule has 0 aromatic heterocycles. The zero-order valence-corrected chi connectivity index (χ0v) is 15.0. The lowest BCUT2D eigenvalue weighted by Crippen LogP contribution is -2.36. The van der Waals surface area contributed by atoms with Crippen molar-refractivity contribution in [1.82, 2.24) is 0 Å². The van der Waals surface area contributed by atoms with E-state index in [9.17, 15) is 9.59 Å². The van der Waals surface area contributed by atoms with Crippen molar-refractivity contribution in [2.24, 2.45) is 11.8 Å². The molecule has 0 heterocycles. The highest BCUT2D eigenvalue weighted by atomic mass is 16.5. The maximum Gasteiger partial charge on any atom is 0.310 e. The lowest BCUT2D eigenvalue weighted by atomic mass is 9.82. The molecule has 4 heteroatoms. The summed E-state index contributed by atoms with van der Waals surface area (Å²) in [6, 6.07) is 5.91. The molecule has 4 nitrogen and oxygen atoms in total. The number of hydrogen-bond donors (Lipinski definition) is 1. The molecule has 1 amide bonds. The molecular weight excluding hydrogens is 302 g/mol. The van der Waals surface area contributed by atoms with Gasteiger partial charge in [0.1, 0.15) is 0 Å². The Kier molecular flexibility index (Phi) is 6.18. The number of esters is 1. The van der Waals surface area contributed by atoms with Crippen molar-refractivity contribution in [1.29, 1.82) is 0 Å². The molecule has 0 bridgehead atoms. The predicted octanol–water partition coefficient (Wildman–Crippen LogP) is 4.17. The van der Waals surface area contributed by atoms with E-state index in [-0.39, 0.29) is 23.9 Å². The van der Waals surface area contributed by atoms with Crippen LogP contribution in [0.3, 0.4) is 0 Å². The average molecular weight is 329 g/mol. The Morgan fingerprint density at radius 3 is 2.50 bits per heavy atom. The number of rotatable bonds is 5. The molecule has 0 saturated carbocycles. The van der Waals surface area contributed by atoms with Crippen molar-refractivity contribution >= 4 is 17.6 Å². The van der Waals surface area contributed by atoms with E-state index >= 15 is 0 Å². The minimum absolute atomic E-state index is 0.114. The van der Waals surface area contributed by atoms with E-state index < -0.39 is 5.92 Å². The van der Waals surface area contributed by atoms with Gasteiger partial charge in [0, 0.05) is 5.69 Å². The molecule has 0 fully saturated rings. The first-order valence-corrected chi connectivity index (χ1v) is 8.66. The standard InChI is InChI=1S/C20H27NO3/c1-5-15(4)24-20(23)17-9-7-6-8-16(17)19(22)21-18-11-10-13(2)12-14(18)3/h6-7,10-12,15-17H,5,8-9H2,1-4H3,(H,21,22)/t15-,16+,17+/m0/s1. The highest BCUT2D eigenvalue weighted by molar-refractivity contribution is 5.96. The summed E-state index contributed by atoms with van der Waals surface area (Å²) in [4.78, 5) is 25.1. The molecule has 0 aliphatic heterocycles. The van der Waals surface area contributed by atoms with E-state index in [1.165, 1.54) is 0 Å². The Morgan fingerprint density at radius 1 is 1.21 bits per heavy atom. The fourth-order valence-electron chi connectivity index (χ4n) is 2.91. The highest BCUT2D eigenvalue weighted by Gasteiger charge is 2.35. The number of allylic oxidation sites excluding steroid dienone is 2. The second kappa shape index (κ2) is 8.13. The Hall–Kier alpha value is -2.10. The maximum absolute atomic E-state index is 12.7. The molecule has 24 heavy (non-hydrogen) atoms. The van der Waals surface area contributed by atoms with Crippen LogP contribution in [0.15, 0.2) is 30.4 Å². The van der Waals surface area contributed by atoms with E-state index in [2.05, 4.69) is 5.32 Å². The lowest BCUT2D eigenvalue weighted by Gasteiger charge is -2.27. The minimum atomic E-state index is -0.408. The summed E-state index contributed by atoms with van der Waals surface area (Å²) in [5.74, 6) is -1.17. The number of nitrogens with one attached hydrogen (secondary N) is 1. The van der Waals surface area contributed by atoms with Crippen LogP contribution in [0.25, 0.3) is 0 Å². The molecule has 1 aromatic carbocycles. The SMILES string of the molecule is CC[C@H](C)OC(=O)[C@@H]1CC=CC[C@H]1C(=O)Nc1ccc(C)cc1C. The minimum Gasteiger partial charge on any atom is -0.462 e. The third-order valence-electron chi connectivity index (χ3n) is 4.60. The molecule has 1 aliphatic rings. The van der Waals surface area contributed by atoms with Crippen molar-refractivity contribution in [3.05, 3.63) is 41.5 Å². The van der Waals surface area contributed by atoms with Crippen LogP contribution < -0.4 is 5.32 Å². The van der Waals surface area contributed by atoms with E-state index in [1.807, 2.05) is 58.0 Å². The topological polar surface area (TPSA) is 55.4 Å². The van der Waals surface area contributed by atoms with Crippen LogP contribution in [0.2, 0.25) is 0 Å². The van der Waals surface area contributed by atoms with Gasteiger partial charge < -0.3 is 10.1 Å². The van der Waals surface area contributed by atoms with Gasteiger partial charge in [0.15, 0.2) is 0 Å². The van der Waals surface area contributed by atoms with Crippen LogP contribution >= 0.6 is 0 Å². The quantitative estimate of drug-likeness (QED) is 0.652. The summed E-state index contributed by atoms with van der Waals surface area (Å²) in [5.41, 5.74) is 2.98. The summed E-state index contributed by atoms with van der Waals surface area (Å²) in [7, 11) is 0. The number of amides is 1. The second-order valence-corrected chi connectivity index (χ2v) is 6.62. The van der Waals surface area contributed by atoms with Crippen molar-refractivity contribution in [3.8, 4) is 0 Å². The number of ether oxygens (including phenoxy) is 1. The molecule has 1 N–H and O–H groups in total. The predicted molar refractivity (Wildman–Crippen MR) is 95.7 cm³/mol. The number of aryl methyl sites for hydroxylation is 2. The number of benzene rings is 1. The third-order valence-corrected chi connectivity index (χ3v) is 4.60. The number of anilines is 1. The number of hydrogen-bond acceptors (Lipinski definition) is 3. The van der Waals surface area contributed by atoms with Gasteiger partial charge in [0.05, 0.1) is 17.9 Å². The maximum atomic E-state index is 12.7. The lowest BCUT2D eigenvalue weighted by molar-refractivity contribution is -0.157. The Bertz CT molecular complexity index is 636. The second-order valence-electron chi connectivity index (χ2n) is 6.62. The average Bonchev–Trinajstić information content (AvgIpc) is 2.57. The number of carbonyl (C=O) groups is 2. The molecule has 0 spiro atoms. The first-order valence-electron chi connectivity index (χ1n) is 8.66. The van der Waals surface area contributed by atoms with Gasteiger partial charge in [-0.25, -0.2) is 0 Å². The van der Waals surface area contributed by atoms with Crippen LogP contribution in [0.4, 0.5) is 5.69 Å². The monoisotopic (exact) mass is 329 g/mol. The summed E-state index contributed by atoms with van der Waals surface area (Å²) in [6.45, 7) is 7.84. The molecule has 3 atom stereocenters. The van der Waals surface area contributed by atoms with Gasteiger partial charge in [-0.15, -0.1) is 0 Å². The zero-order chi connectivity index (χ0) is 17.7. The fourth-order valence-corrected chi connectivity index (χ4v) is 2.91. The van der Waals surface area contributed by atoms with Gasteiger partial charge >= 0.3 is 5.97 Å². The van der Waals surface area contributed by atoms with Crippen molar-refractivity contribution in [2.75, 3.05) is 5.32 Å². The highest BCUT2D eigenvalue weighted by Crippen LogP contribution is 2.29. The normalized spacial score (nSPS) is 21.2. The van der Waals surface area contributed by atoms with Crippen molar-refractivity contribution in [3.63, 3.8) is 0 Å². The van der Waals surface area contributed by atoms with Crippen molar-refractivity contribution < 1.29 is 14.3 Å². The Labute approximate surface area is 144 Å². The largest absolute Gasteiger partial charge is 0.462 e. The third kappa shape index (κ3) is 4.47. The fraction of sp³-hybridized carbons (Fsp3) is 0.500. The van der Waals surface area contributed by atoms with Gasteiger partial charge in [0.2, 0.25) is 5.91 Å². The molecule has 1 aromatic rings. The molecular formula is C20H27NO3. The van der Waals surface area contributed by atoms with Crippen LogP contribution in [0.5, 0.6) is 0 Å². The Balaban J connectivity index is 2.10. The number of carbonyl (C=O) groups excluding carboxylic acids is 2. The van der Waals surface area contributed by atoms with E-state index in [0.717, 1.165) is 23.2 Å². The van der Waals surface area contributed by atoms with Gasteiger partial charge in [0.25, 0.3) is 0 Å². The van der Waals surface area contributed by atoms with Gasteiger partial charge in [-0.05, 0) is 51.7 Å². The van der Waals surface area contributed by atoms with E-state index in [1.54, 1.807) is 0 Å². The van der Waals surface area contributed by atoms with Crippen LogP contribution in [0, 0.1) is 25.7 Å². The van der Waals surface area contributed by atoms with Gasteiger partial charge in [-0.3, -0.25) is 9.59 Å². The first-order chi connectivity index (χ1) is 11.4. The smallest absolute Gasteiger partial charge is 0.310 e. The zero-order valence-electron chi connectivity index (χ0n) is 15.0. The van der Waals surface area contributed by atoms with Crippen LogP contribution in [-0.2, 0) is 14.3 Å². The molecule has 130 valence electrons. The molecule has 0 saturated heterocycles. The molecule has 0 radical (unpaired) electrons. The Morgan fingerprint density at radius 2 is 1.88 bits per heavy atom.